The van der Waals surface area contributed by atoms with Gasteiger partial charge in [0.1, 0.15) is 17.9 Å². The van der Waals surface area contributed by atoms with E-state index in [1.165, 1.54) is 6.33 Å². The average molecular weight is 390 g/mol. The van der Waals surface area contributed by atoms with Crippen molar-refractivity contribution >= 4 is 23.1 Å². The highest BCUT2D eigenvalue weighted by Crippen LogP contribution is 2.22. The fourth-order valence-electron chi connectivity index (χ4n) is 2.96. The minimum atomic E-state index is -0.0257. The number of rotatable bonds is 8. The van der Waals surface area contributed by atoms with Crippen molar-refractivity contribution in [3.63, 3.8) is 0 Å². The molecule has 6 heteroatoms. The van der Waals surface area contributed by atoms with Crippen molar-refractivity contribution in [2.45, 2.75) is 33.6 Å². The summed E-state index contributed by atoms with van der Waals surface area (Å²) in [7, 11) is 0. The molecular formula is C23H26N4O2. The van der Waals surface area contributed by atoms with Gasteiger partial charge in [0.2, 0.25) is 5.91 Å². The smallest absolute Gasteiger partial charge is 0.224 e. The zero-order valence-electron chi connectivity index (χ0n) is 17.0. The summed E-state index contributed by atoms with van der Waals surface area (Å²) >= 11 is 0. The maximum absolute atomic E-state index is 12.2. The van der Waals surface area contributed by atoms with Gasteiger partial charge in [0, 0.05) is 29.6 Å². The Balaban J connectivity index is 1.43. The van der Waals surface area contributed by atoms with Gasteiger partial charge in [0.05, 0.1) is 6.61 Å². The molecule has 0 bridgehead atoms. The molecule has 1 amide bonds. The Morgan fingerprint density at radius 1 is 0.966 bits per heavy atom. The highest BCUT2D eigenvalue weighted by atomic mass is 16.5. The SMILES string of the molecule is Cc1cc(Nc2ccc(NC(=O)CCCOc3c(C)cccc3C)cc2)ncn1. The van der Waals surface area contributed by atoms with Gasteiger partial charge in [0.25, 0.3) is 0 Å². The molecule has 0 radical (unpaired) electrons. The molecule has 2 N–H and O–H groups in total. The third kappa shape index (κ3) is 6.04. The molecule has 6 nitrogen and oxygen atoms in total. The number of hydrogen-bond donors (Lipinski definition) is 2. The zero-order valence-corrected chi connectivity index (χ0v) is 17.0. The van der Waals surface area contributed by atoms with E-state index in [-0.39, 0.29) is 5.91 Å². The van der Waals surface area contributed by atoms with Gasteiger partial charge in [-0.15, -0.1) is 0 Å². The van der Waals surface area contributed by atoms with Crippen molar-refractivity contribution in [3.05, 3.63) is 71.7 Å². The van der Waals surface area contributed by atoms with Crippen LogP contribution in [0.5, 0.6) is 5.75 Å². The van der Waals surface area contributed by atoms with E-state index in [0.717, 1.165) is 39.8 Å². The second-order valence-corrected chi connectivity index (χ2v) is 6.97. The van der Waals surface area contributed by atoms with Crippen molar-refractivity contribution in [1.82, 2.24) is 9.97 Å². The molecule has 1 heterocycles. The van der Waals surface area contributed by atoms with Gasteiger partial charge in [-0.25, -0.2) is 9.97 Å². The number of carbonyl (C=O) groups excluding carboxylic acids is 1. The largest absolute Gasteiger partial charge is 0.493 e. The van der Waals surface area contributed by atoms with E-state index in [4.69, 9.17) is 4.74 Å². The number of nitrogens with zero attached hydrogens (tertiary/aromatic N) is 2. The Hall–Kier alpha value is -3.41. The topological polar surface area (TPSA) is 76.1 Å². The standard InChI is InChI=1S/C23H26N4O2/c1-16-6-4-7-17(2)23(16)29-13-5-8-22(28)27-20-11-9-19(10-12-20)26-21-14-18(3)24-15-25-21/h4,6-7,9-12,14-15H,5,8,13H2,1-3H3,(H,27,28)(H,24,25,26). The summed E-state index contributed by atoms with van der Waals surface area (Å²) in [5.74, 6) is 1.62. The maximum Gasteiger partial charge on any atom is 0.224 e. The first-order valence-electron chi connectivity index (χ1n) is 9.66. The van der Waals surface area contributed by atoms with E-state index < -0.39 is 0 Å². The fourth-order valence-corrected chi connectivity index (χ4v) is 2.96. The number of carbonyl (C=O) groups is 1. The number of benzene rings is 2. The van der Waals surface area contributed by atoms with Gasteiger partial charge in [-0.2, -0.15) is 0 Å². The van der Waals surface area contributed by atoms with Gasteiger partial charge in [0.15, 0.2) is 0 Å². The molecule has 0 atom stereocenters. The van der Waals surface area contributed by atoms with E-state index in [1.807, 2.05) is 69.3 Å². The number of anilines is 3. The predicted octanol–water partition coefficient (Wildman–Crippen LogP) is 4.94. The number of hydrogen-bond acceptors (Lipinski definition) is 5. The molecule has 0 spiro atoms. The molecular weight excluding hydrogens is 364 g/mol. The Bertz CT molecular complexity index is 951. The molecule has 3 rings (SSSR count). The number of aryl methyl sites for hydroxylation is 3. The molecule has 29 heavy (non-hydrogen) atoms. The first-order chi connectivity index (χ1) is 14.0. The lowest BCUT2D eigenvalue weighted by Gasteiger charge is -2.12. The molecule has 0 aliphatic heterocycles. The van der Waals surface area contributed by atoms with Crippen LogP contribution in [-0.2, 0) is 4.79 Å². The lowest BCUT2D eigenvalue weighted by molar-refractivity contribution is -0.116. The summed E-state index contributed by atoms with van der Waals surface area (Å²) < 4.78 is 5.85. The molecule has 0 aliphatic carbocycles. The van der Waals surface area contributed by atoms with Crippen LogP contribution in [0.25, 0.3) is 0 Å². The van der Waals surface area contributed by atoms with E-state index in [2.05, 4.69) is 20.6 Å². The Labute approximate surface area is 171 Å². The molecule has 3 aromatic rings. The molecule has 0 unspecified atom stereocenters. The minimum absolute atomic E-state index is 0.0257. The average Bonchev–Trinajstić information content (AvgIpc) is 2.68. The van der Waals surface area contributed by atoms with Gasteiger partial charge in [-0.3, -0.25) is 4.79 Å². The number of aromatic nitrogens is 2. The van der Waals surface area contributed by atoms with Crippen LogP contribution < -0.4 is 15.4 Å². The maximum atomic E-state index is 12.2. The molecule has 1 aromatic heterocycles. The third-order valence-electron chi connectivity index (χ3n) is 4.45. The van der Waals surface area contributed by atoms with Crippen LogP contribution in [0, 0.1) is 20.8 Å². The fraction of sp³-hybridized carbons (Fsp3) is 0.261. The Morgan fingerprint density at radius 2 is 1.66 bits per heavy atom. The van der Waals surface area contributed by atoms with Crippen molar-refractivity contribution in [2.24, 2.45) is 0 Å². The van der Waals surface area contributed by atoms with E-state index in [1.54, 1.807) is 0 Å². The quantitative estimate of drug-likeness (QED) is 0.533. The molecule has 150 valence electrons. The third-order valence-corrected chi connectivity index (χ3v) is 4.45. The zero-order chi connectivity index (χ0) is 20.6. The van der Waals surface area contributed by atoms with Crippen LogP contribution in [0.2, 0.25) is 0 Å². The summed E-state index contributed by atoms with van der Waals surface area (Å²) in [5.41, 5.74) is 4.77. The van der Waals surface area contributed by atoms with Gasteiger partial charge in [-0.05, 0) is 62.6 Å². The number of ether oxygens (including phenoxy) is 1. The summed E-state index contributed by atoms with van der Waals surface area (Å²) in [6, 6.07) is 15.5. The normalized spacial score (nSPS) is 10.4. The predicted molar refractivity (Wildman–Crippen MR) is 116 cm³/mol. The monoisotopic (exact) mass is 390 g/mol. The van der Waals surface area contributed by atoms with Crippen LogP contribution in [-0.4, -0.2) is 22.5 Å². The molecule has 0 aliphatic rings. The molecule has 0 saturated heterocycles. The van der Waals surface area contributed by atoms with E-state index in [0.29, 0.717) is 19.4 Å². The van der Waals surface area contributed by atoms with Crippen LogP contribution >= 0.6 is 0 Å². The van der Waals surface area contributed by atoms with Gasteiger partial charge in [-0.1, -0.05) is 18.2 Å². The summed E-state index contributed by atoms with van der Waals surface area (Å²) in [6.07, 6.45) is 2.59. The first kappa shape index (κ1) is 20.3. The van der Waals surface area contributed by atoms with Gasteiger partial charge < -0.3 is 15.4 Å². The van der Waals surface area contributed by atoms with E-state index in [9.17, 15) is 4.79 Å². The number of para-hydroxylation sites is 1. The second-order valence-electron chi connectivity index (χ2n) is 6.97. The minimum Gasteiger partial charge on any atom is -0.493 e. The van der Waals surface area contributed by atoms with E-state index >= 15 is 0 Å². The van der Waals surface area contributed by atoms with Gasteiger partial charge >= 0.3 is 0 Å². The molecule has 2 aromatic carbocycles. The van der Waals surface area contributed by atoms with Crippen molar-refractivity contribution in [2.75, 3.05) is 17.2 Å². The summed E-state index contributed by atoms with van der Waals surface area (Å²) in [4.78, 5) is 20.4. The highest BCUT2D eigenvalue weighted by Gasteiger charge is 2.06. The van der Waals surface area contributed by atoms with Crippen LogP contribution in [0.4, 0.5) is 17.2 Å². The van der Waals surface area contributed by atoms with Crippen LogP contribution in [0.3, 0.4) is 0 Å². The lowest BCUT2D eigenvalue weighted by Crippen LogP contribution is -2.13. The van der Waals surface area contributed by atoms with Crippen molar-refractivity contribution < 1.29 is 9.53 Å². The van der Waals surface area contributed by atoms with Crippen molar-refractivity contribution in [1.29, 1.82) is 0 Å². The first-order valence-corrected chi connectivity index (χ1v) is 9.66. The summed E-state index contributed by atoms with van der Waals surface area (Å²) in [6.45, 7) is 6.48. The summed E-state index contributed by atoms with van der Waals surface area (Å²) in [5, 5.41) is 6.13. The van der Waals surface area contributed by atoms with Crippen LogP contribution in [0.1, 0.15) is 29.7 Å². The second kappa shape index (κ2) is 9.68. The lowest BCUT2D eigenvalue weighted by atomic mass is 10.1. The number of amides is 1. The molecule has 0 saturated carbocycles. The van der Waals surface area contributed by atoms with Crippen molar-refractivity contribution in [3.8, 4) is 5.75 Å². The highest BCUT2D eigenvalue weighted by molar-refractivity contribution is 5.90. The Kier molecular flexibility index (Phi) is 6.79. The van der Waals surface area contributed by atoms with Crippen LogP contribution in [0.15, 0.2) is 54.9 Å². The number of nitrogens with one attached hydrogen (secondary N) is 2. The molecule has 0 fully saturated rings. The Morgan fingerprint density at radius 3 is 2.34 bits per heavy atom.